The molecule has 64 heavy (non-hydrogen) atoms. The Labute approximate surface area is 395 Å². The standard InChI is InChI=1S/C59H98O5/c1-4-7-10-13-16-19-22-25-27-29-30-31-32-35-37-40-43-46-49-52-58(60)63-56-57(64-59(61)53-50-47-44-41-38-34-24-21-18-15-12-9-6-3)55-62-54-51-48-45-42-39-36-33-28-26-23-20-17-14-11-8-5-2/h8,11-12,15-17,19-21,24-28,30-31,36,39,57H,4-7,9-10,13-14,18,22-23,29,32-35,37-38,40-56H2,1-3H3/b11-8-,15-12-,19-16-,20-17-,24-21-,27-25-,28-26-,31-30-,39-36-. The highest BCUT2D eigenvalue weighted by molar-refractivity contribution is 5.70. The van der Waals surface area contributed by atoms with Crippen molar-refractivity contribution in [1.82, 2.24) is 0 Å². The quantitative estimate of drug-likeness (QED) is 0.0346. The maximum atomic E-state index is 12.8. The molecule has 0 aliphatic heterocycles. The van der Waals surface area contributed by atoms with Crippen LogP contribution in [-0.2, 0) is 23.8 Å². The van der Waals surface area contributed by atoms with Crippen LogP contribution in [0.15, 0.2) is 109 Å². The molecule has 5 heteroatoms. The van der Waals surface area contributed by atoms with E-state index in [1.54, 1.807) is 0 Å². The minimum absolute atomic E-state index is 0.0534. The highest BCUT2D eigenvalue weighted by atomic mass is 16.6. The van der Waals surface area contributed by atoms with E-state index < -0.39 is 6.10 Å². The highest BCUT2D eigenvalue weighted by Crippen LogP contribution is 2.13. The lowest BCUT2D eigenvalue weighted by molar-refractivity contribution is -0.163. The summed E-state index contributed by atoms with van der Waals surface area (Å²) in [5.74, 6) is -0.452. The van der Waals surface area contributed by atoms with Crippen molar-refractivity contribution in [2.45, 2.75) is 232 Å². The Morgan fingerprint density at radius 1 is 0.359 bits per heavy atom. The maximum Gasteiger partial charge on any atom is 0.306 e. The molecule has 0 radical (unpaired) electrons. The second-order valence-corrected chi connectivity index (χ2v) is 17.0. The number of carbonyl (C=O) groups excluding carboxylic acids is 2. The number of hydrogen-bond donors (Lipinski definition) is 0. The Bertz CT molecular complexity index is 1280. The zero-order valence-electron chi connectivity index (χ0n) is 41.8. The molecule has 0 bridgehead atoms. The van der Waals surface area contributed by atoms with Crippen LogP contribution >= 0.6 is 0 Å². The lowest BCUT2D eigenvalue weighted by Gasteiger charge is -2.18. The topological polar surface area (TPSA) is 61.8 Å². The third-order valence-corrected chi connectivity index (χ3v) is 10.7. The molecular formula is C59H98O5. The highest BCUT2D eigenvalue weighted by Gasteiger charge is 2.17. The van der Waals surface area contributed by atoms with E-state index in [2.05, 4.69) is 130 Å². The molecule has 0 aromatic rings. The number of carbonyl (C=O) groups is 2. The predicted octanol–water partition coefficient (Wildman–Crippen LogP) is 18.0. The van der Waals surface area contributed by atoms with E-state index in [-0.39, 0.29) is 25.2 Å². The molecule has 0 aliphatic rings. The SMILES string of the molecule is CC/C=C\C/C=C\C/C=C\C/C=C\CCCCCOCC(COC(=O)CCCCCCCC/C=C\C/C=C\C/C=C\CCCCC)OC(=O)CCCCCCC/C=C\C/C=C\CCC. The summed E-state index contributed by atoms with van der Waals surface area (Å²) >= 11 is 0. The Morgan fingerprint density at radius 3 is 1.19 bits per heavy atom. The second-order valence-electron chi connectivity index (χ2n) is 17.0. The normalized spacial score (nSPS) is 13.1. The number of allylic oxidation sites excluding steroid dienone is 18. The third kappa shape index (κ3) is 51.2. The summed E-state index contributed by atoms with van der Waals surface area (Å²) in [5.41, 5.74) is 0. The van der Waals surface area contributed by atoms with E-state index in [4.69, 9.17) is 14.2 Å². The van der Waals surface area contributed by atoms with Gasteiger partial charge in [-0.3, -0.25) is 9.59 Å². The first-order valence-corrected chi connectivity index (χ1v) is 26.4. The lowest BCUT2D eigenvalue weighted by atomic mass is 10.1. The Morgan fingerprint density at radius 2 is 0.734 bits per heavy atom. The smallest absolute Gasteiger partial charge is 0.306 e. The zero-order chi connectivity index (χ0) is 46.3. The average Bonchev–Trinajstić information content (AvgIpc) is 3.30. The van der Waals surface area contributed by atoms with E-state index >= 15 is 0 Å². The minimum atomic E-state index is -0.572. The van der Waals surface area contributed by atoms with Crippen molar-refractivity contribution in [1.29, 1.82) is 0 Å². The van der Waals surface area contributed by atoms with Gasteiger partial charge >= 0.3 is 11.9 Å². The second kappa shape index (κ2) is 53.9. The van der Waals surface area contributed by atoms with Gasteiger partial charge in [-0.1, -0.05) is 201 Å². The van der Waals surface area contributed by atoms with Gasteiger partial charge in [0.2, 0.25) is 0 Å². The molecule has 0 N–H and O–H groups in total. The van der Waals surface area contributed by atoms with Crippen LogP contribution in [0.5, 0.6) is 0 Å². The van der Waals surface area contributed by atoms with Gasteiger partial charge in [-0.2, -0.15) is 0 Å². The number of esters is 2. The molecule has 0 fully saturated rings. The van der Waals surface area contributed by atoms with Gasteiger partial charge in [0, 0.05) is 19.4 Å². The molecule has 364 valence electrons. The molecule has 0 heterocycles. The summed E-state index contributed by atoms with van der Waals surface area (Å²) < 4.78 is 17.4. The van der Waals surface area contributed by atoms with Crippen molar-refractivity contribution in [2.24, 2.45) is 0 Å². The van der Waals surface area contributed by atoms with Gasteiger partial charge in [0.05, 0.1) is 6.61 Å². The molecule has 1 atom stereocenters. The van der Waals surface area contributed by atoms with Crippen LogP contribution in [0.25, 0.3) is 0 Å². The van der Waals surface area contributed by atoms with Gasteiger partial charge in [0.25, 0.3) is 0 Å². The van der Waals surface area contributed by atoms with Crippen LogP contribution in [-0.4, -0.2) is 37.9 Å². The Hall–Kier alpha value is -3.44. The van der Waals surface area contributed by atoms with E-state index in [1.807, 2.05) is 0 Å². The maximum absolute atomic E-state index is 12.8. The molecule has 0 aromatic heterocycles. The van der Waals surface area contributed by atoms with Crippen molar-refractivity contribution in [3.8, 4) is 0 Å². The van der Waals surface area contributed by atoms with Crippen LogP contribution in [0, 0.1) is 0 Å². The van der Waals surface area contributed by atoms with Gasteiger partial charge in [-0.05, 0) is 122 Å². The van der Waals surface area contributed by atoms with Gasteiger partial charge < -0.3 is 14.2 Å². The van der Waals surface area contributed by atoms with Crippen molar-refractivity contribution in [3.63, 3.8) is 0 Å². The first-order valence-electron chi connectivity index (χ1n) is 26.4. The van der Waals surface area contributed by atoms with Crippen LogP contribution in [0.4, 0.5) is 0 Å². The van der Waals surface area contributed by atoms with Crippen molar-refractivity contribution < 1.29 is 23.8 Å². The average molecular weight is 887 g/mol. The van der Waals surface area contributed by atoms with E-state index in [9.17, 15) is 9.59 Å². The molecule has 0 saturated heterocycles. The van der Waals surface area contributed by atoms with Gasteiger partial charge in [-0.25, -0.2) is 0 Å². The van der Waals surface area contributed by atoms with Crippen molar-refractivity contribution in [2.75, 3.05) is 19.8 Å². The molecule has 0 amide bonds. The molecule has 0 saturated carbocycles. The monoisotopic (exact) mass is 887 g/mol. The molecule has 1 unspecified atom stereocenters. The minimum Gasteiger partial charge on any atom is -0.462 e. The largest absolute Gasteiger partial charge is 0.462 e. The number of unbranched alkanes of at least 4 members (excludes halogenated alkanes) is 18. The molecule has 0 aliphatic carbocycles. The van der Waals surface area contributed by atoms with Crippen LogP contribution in [0.3, 0.4) is 0 Å². The number of hydrogen-bond acceptors (Lipinski definition) is 5. The molecule has 0 rings (SSSR count). The van der Waals surface area contributed by atoms with E-state index in [0.29, 0.717) is 19.4 Å². The van der Waals surface area contributed by atoms with Gasteiger partial charge in [0.1, 0.15) is 6.61 Å². The fraction of sp³-hybridized carbons (Fsp3) is 0.661. The molecular weight excluding hydrogens is 789 g/mol. The Balaban J connectivity index is 4.37. The number of ether oxygens (including phenoxy) is 3. The fourth-order valence-corrected chi connectivity index (χ4v) is 6.84. The third-order valence-electron chi connectivity index (χ3n) is 10.7. The zero-order valence-corrected chi connectivity index (χ0v) is 41.8. The van der Waals surface area contributed by atoms with Crippen LogP contribution in [0.2, 0.25) is 0 Å². The first kappa shape index (κ1) is 60.6. The summed E-state index contributed by atoms with van der Waals surface area (Å²) in [7, 11) is 0. The predicted molar refractivity (Wildman–Crippen MR) is 279 cm³/mol. The summed E-state index contributed by atoms with van der Waals surface area (Å²) in [6.07, 6.45) is 73.8. The van der Waals surface area contributed by atoms with Crippen LogP contribution in [0.1, 0.15) is 226 Å². The summed E-state index contributed by atoms with van der Waals surface area (Å²) in [5, 5.41) is 0. The van der Waals surface area contributed by atoms with Gasteiger partial charge in [-0.15, -0.1) is 0 Å². The molecule has 0 aromatic carbocycles. The summed E-state index contributed by atoms with van der Waals surface area (Å²) in [4.78, 5) is 25.4. The van der Waals surface area contributed by atoms with Crippen LogP contribution < -0.4 is 0 Å². The summed E-state index contributed by atoms with van der Waals surface area (Å²) in [6.45, 7) is 7.52. The van der Waals surface area contributed by atoms with Crippen molar-refractivity contribution in [3.05, 3.63) is 109 Å². The fourth-order valence-electron chi connectivity index (χ4n) is 6.84. The van der Waals surface area contributed by atoms with E-state index in [0.717, 1.165) is 128 Å². The lowest BCUT2D eigenvalue weighted by Crippen LogP contribution is -2.30. The summed E-state index contributed by atoms with van der Waals surface area (Å²) in [6, 6.07) is 0. The molecule has 5 nitrogen and oxygen atoms in total. The van der Waals surface area contributed by atoms with E-state index in [1.165, 1.54) is 64.2 Å². The van der Waals surface area contributed by atoms with Gasteiger partial charge in [0.15, 0.2) is 6.10 Å². The Kier molecular flexibility index (Phi) is 51.0. The molecule has 0 spiro atoms. The first-order chi connectivity index (χ1) is 31.6. The number of rotatable bonds is 47. The van der Waals surface area contributed by atoms with Crippen molar-refractivity contribution >= 4 is 11.9 Å².